The highest BCUT2D eigenvalue weighted by molar-refractivity contribution is 7.17. The molecule has 254 valence electrons. The molecule has 0 saturated carbocycles. The van der Waals surface area contributed by atoms with Gasteiger partial charge in [-0.25, -0.2) is 0 Å². The lowest BCUT2D eigenvalue weighted by molar-refractivity contribution is 0.669. The molecule has 1 aliphatic heterocycles. The zero-order chi connectivity index (χ0) is 35.5. The van der Waals surface area contributed by atoms with Gasteiger partial charge in [-0.1, -0.05) is 122 Å². The van der Waals surface area contributed by atoms with Gasteiger partial charge in [-0.15, -0.1) is 11.3 Å². The molecule has 0 fully saturated rings. The summed E-state index contributed by atoms with van der Waals surface area (Å²) in [4.78, 5) is 5.62. The molecule has 0 amide bonds. The van der Waals surface area contributed by atoms with Crippen molar-refractivity contribution in [2.45, 2.75) is 19.8 Å². The number of rotatable bonds is 4. The fourth-order valence-electron chi connectivity index (χ4n) is 9.17. The van der Waals surface area contributed by atoms with E-state index in [0.717, 1.165) is 74.0 Å². The molecule has 12 rings (SSSR count). The van der Waals surface area contributed by atoms with Gasteiger partial charge in [-0.2, -0.15) is 0 Å². The fourth-order valence-corrected chi connectivity index (χ4v) is 10.4. The van der Waals surface area contributed by atoms with Crippen LogP contribution in [0.25, 0.3) is 97.9 Å². The molecular formula is C50H31NO2S. The Labute approximate surface area is 313 Å². The van der Waals surface area contributed by atoms with Gasteiger partial charge in [0.25, 0.3) is 0 Å². The summed E-state index contributed by atoms with van der Waals surface area (Å²) in [6, 6.07) is 52.1. The van der Waals surface area contributed by atoms with E-state index in [1.807, 2.05) is 11.3 Å². The van der Waals surface area contributed by atoms with Crippen LogP contribution in [0.3, 0.4) is 0 Å². The van der Waals surface area contributed by atoms with Crippen LogP contribution in [0.5, 0.6) is 0 Å². The van der Waals surface area contributed by atoms with E-state index >= 15 is 0 Å². The van der Waals surface area contributed by atoms with Crippen LogP contribution in [0, 0.1) is 0 Å². The van der Waals surface area contributed by atoms with Gasteiger partial charge >= 0.3 is 0 Å². The van der Waals surface area contributed by atoms with E-state index in [4.69, 9.17) is 13.8 Å². The lowest BCUT2D eigenvalue weighted by atomic mass is 9.89. The molecule has 0 aliphatic carbocycles. The number of furan rings is 2. The molecule has 0 saturated heterocycles. The van der Waals surface area contributed by atoms with Crippen molar-refractivity contribution in [1.82, 2.24) is 0 Å². The SMILES string of the molecule is CCC1=c2c(sc3ccccc23)=C(c2ccccc2)N=C(c2cccc3oc4cc(-c5cccc6c7cccc8oc9cccc(c56)c9c87)ccc4c23)C1. The molecular weight excluding hydrogens is 679 g/mol. The van der Waals surface area contributed by atoms with E-state index < -0.39 is 0 Å². The quantitative estimate of drug-likeness (QED) is 0.171. The van der Waals surface area contributed by atoms with E-state index in [-0.39, 0.29) is 0 Å². The Balaban J connectivity index is 1.09. The first-order valence-electron chi connectivity index (χ1n) is 18.6. The summed E-state index contributed by atoms with van der Waals surface area (Å²) in [5.41, 5.74) is 11.7. The zero-order valence-corrected chi connectivity index (χ0v) is 30.3. The first kappa shape index (κ1) is 30.0. The van der Waals surface area contributed by atoms with Gasteiger partial charge < -0.3 is 8.83 Å². The van der Waals surface area contributed by atoms with Crippen molar-refractivity contribution in [2.24, 2.45) is 4.99 Å². The smallest absolute Gasteiger partial charge is 0.136 e. The predicted molar refractivity (Wildman–Crippen MR) is 228 cm³/mol. The summed E-state index contributed by atoms with van der Waals surface area (Å²) in [7, 11) is 0. The van der Waals surface area contributed by atoms with Crippen LogP contribution in [0.2, 0.25) is 0 Å². The lowest BCUT2D eigenvalue weighted by Crippen LogP contribution is -2.23. The number of nitrogens with zero attached hydrogens (tertiary/aromatic N) is 1. The van der Waals surface area contributed by atoms with Crippen LogP contribution >= 0.6 is 11.3 Å². The van der Waals surface area contributed by atoms with E-state index in [2.05, 4.69) is 153 Å². The molecule has 11 aromatic rings. The number of hydrogen-bond acceptors (Lipinski definition) is 4. The molecule has 3 aromatic heterocycles. The topological polar surface area (TPSA) is 38.6 Å². The summed E-state index contributed by atoms with van der Waals surface area (Å²) in [5.74, 6) is 0. The Morgan fingerprint density at radius 1 is 0.519 bits per heavy atom. The maximum absolute atomic E-state index is 6.76. The normalized spacial score (nSPS) is 13.7. The fraction of sp³-hybridized carbons (Fsp3) is 0.0600. The highest BCUT2D eigenvalue weighted by Crippen LogP contribution is 2.46. The van der Waals surface area contributed by atoms with Gasteiger partial charge in [-0.3, -0.25) is 4.99 Å². The van der Waals surface area contributed by atoms with Crippen LogP contribution in [-0.4, -0.2) is 5.71 Å². The van der Waals surface area contributed by atoms with Crippen molar-refractivity contribution in [3.63, 3.8) is 0 Å². The molecule has 54 heavy (non-hydrogen) atoms. The Morgan fingerprint density at radius 3 is 2.00 bits per heavy atom. The van der Waals surface area contributed by atoms with Crippen molar-refractivity contribution in [3.05, 3.63) is 166 Å². The molecule has 4 heteroatoms. The zero-order valence-electron chi connectivity index (χ0n) is 29.4. The van der Waals surface area contributed by atoms with Crippen LogP contribution in [0.1, 0.15) is 30.9 Å². The molecule has 0 N–H and O–H groups in total. The third-order valence-corrected chi connectivity index (χ3v) is 12.7. The number of benzene rings is 8. The number of hydrogen-bond donors (Lipinski definition) is 0. The van der Waals surface area contributed by atoms with Crippen molar-refractivity contribution < 1.29 is 8.83 Å². The highest BCUT2D eigenvalue weighted by Gasteiger charge is 2.23. The lowest BCUT2D eigenvalue weighted by Gasteiger charge is -2.13. The molecule has 0 radical (unpaired) electrons. The Kier molecular flexibility index (Phi) is 6.26. The summed E-state index contributed by atoms with van der Waals surface area (Å²) in [6.07, 6.45) is 1.72. The molecule has 1 aliphatic rings. The average Bonchev–Trinajstić information content (AvgIpc) is 3.89. The standard InChI is InChI=1S/C50H31NO2S/c1-2-28-26-38(51-49(29-12-4-3-5-13-29)50-44(28)36-14-6-7-23-43(36)54-50)34-18-10-20-39-46(34)35-25-24-30(27-42(35)53-39)31-15-8-16-32-33-17-9-21-40-47(33)48-37(45(31)32)19-11-22-41(48)52-40/h3-25,27H,2,26H2,1H3. The minimum absolute atomic E-state index is 0.773. The minimum Gasteiger partial charge on any atom is -0.456 e. The maximum atomic E-state index is 6.76. The Bertz CT molecular complexity index is 3510. The Hall–Kier alpha value is -6.49. The summed E-state index contributed by atoms with van der Waals surface area (Å²) in [6.45, 7) is 2.28. The Morgan fingerprint density at radius 2 is 1.17 bits per heavy atom. The van der Waals surface area contributed by atoms with Gasteiger partial charge in [0.15, 0.2) is 0 Å². The summed E-state index contributed by atoms with van der Waals surface area (Å²) >= 11 is 1.85. The molecule has 0 atom stereocenters. The van der Waals surface area contributed by atoms with Gasteiger partial charge in [-0.05, 0) is 75.5 Å². The van der Waals surface area contributed by atoms with E-state index in [9.17, 15) is 0 Å². The minimum atomic E-state index is 0.773. The van der Waals surface area contributed by atoms with Gasteiger partial charge in [0.1, 0.15) is 22.3 Å². The van der Waals surface area contributed by atoms with Crippen LogP contribution < -0.4 is 9.75 Å². The number of aliphatic imine (C=N–C) groups is 1. The predicted octanol–water partition coefficient (Wildman–Crippen LogP) is 12.7. The van der Waals surface area contributed by atoms with Crippen molar-refractivity contribution in [2.75, 3.05) is 0 Å². The first-order chi connectivity index (χ1) is 26.7. The summed E-state index contributed by atoms with van der Waals surface area (Å²) < 4.78 is 15.7. The monoisotopic (exact) mass is 709 g/mol. The van der Waals surface area contributed by atoms with E-state index in [0.29, 0.717) is 0 Å². The van der Waals surface area contributed by atoms with Crippen LogP contribution in [-0.2, 0) is 0 Å². The van der Waals surface area contributed by atoms with Crippen LogP contribution in [0.15, 0.2) is 159 Å². The largest absolute Gasteiger partial charge is 0.456 e. The second-order valence-corrected chi connectivity index (χ2v) is 15.4. The van der Waals surface area contributed by atoms with Crippen molar-refractivity contribution in [3.8, 4) is 11.1 Å². The van der Waals surface area contributed by atoms with Crippen molar-refractivity contribution in [1.29, 1.82) is 0 Å². The molecule has 0 bridgehead atoms. The van der Waals surface area contributed by atoms with E-state index in [1.54, 1.807) is 0 Å². The third-order valence-electron chi connectivity index (χ3n) is 11.5. The van der Waals surface area contributed by atoms with E-state index in [1.165, 1.54) is 63.3 Å². The molecule has 4 heterocycles. The number of fused-ring (bicyclic) bond motifs is 9. The highest BCUT2D eigenvalue weighted by atomic mass is 32.1. The number of thiophene rings is 1. The van der Waals surface area contributed by atoms with Gasteiger partial charge in [0, 0.05) is 54.4 Å². The first-order valence-corrected chi connectivity index (χ1v) is 19.5. The van der Waals surface area contributed by atoms with Crippen molar-refractivity contribution >= 4 is 104 Å². The van der Waals surface area contributed by atoms with Gasteiger partial charge in [0.05, 0.1) is 15.9 Å². The summed E-state index contributed by atoms with van der Waals surface area (Å²) in [5, 5.41) is 12.2. The second-order valence-electron chi connectivity index (χ2n) is 14.4. The van der Waals surface area contributed by atoms with Gasteiger partial charge in [0.2, 0.25) is 0 Å². The maximum Gasteiger partial charge on any atom is 0.136 e. The molecule has 0 unspecified atom stereocenters. The molecule has 0 spiro atoms. The molecule has 8 aromatic carbocycles. The van der Waals surface area contributed by atoms with Crippen LogP contribution in [0.4, 0.5) is 0 Å². The second kappa shape index (κ2) is 11.3. The molecule has 3 nitrogen and oxygen atoms in total. The average molecular weight is 710 g/mol. The third kappa shape index (κ3) is 4.14.